The number of anilines is 1. The smallest absolute Gasteiger partial charge is 0.296 e. The van der Waals surface area contributed by atoms with Crippen molar-refractivity contribution in [2.45, 2.75) is 13.1 Å². The van der Waals surface area contributed by atoms with Gasteiger partial charge in [0.1, 0.15) is 0 Å². The number of halogens is 3. The molecule has 18 heavy (non-hydrogen) atoms. The molecule has 4 nitrogen and oxygen atoms in total. The standard InChI is InChI=1S/C9H6F3N3OS2/c1-4-2-17-3-5(4)6(16)13-8-15-14-7(18-8)9(10,11)12/h2-3H,1H3,(H,13,15,16). The van der Waals surface area contributed by atoms with E-state index in [0.29, 0.717) is 16.9 Å². The van der Waals surface area contributed by atoms with Crippen molar-refractivity contribution < 1.29 is 18.0 Å². The Kier molecular flexibility index (Phi) is 3.35. The highest BCUT2D eigenvalue weighted by Crippen LogP contribution is 2.33. The number of carbonyl (C=O) groups excluding carboxylic acids is 1. The van der Waals surface area contributed by atoms with Gasteiger partial charge in [0.25, 0.3) is 5.91 Å². The van der Waals surface area contributed by atoms with E-state index in [-0.39, 0.29) is 5.13 Å². The summed E-state index contributed by atoms with van der Waals surface area (Å²) < 4.78 is 36.8. The molecule has 2 heterocycles. The number of thiophene rings is 1. The second-order valence-corrected chi connectivity index (χ2v) is 5.05. The average Bonchev–Trinajstić information content (AvgIpc) is 2.85. The van der Waals surface area contributed by atoms with Crippen LogP contribution < -0.4 is 5.32 Å². The number of aryl methyl sites for hydroxylation is 1. The van der Waals surface area contributed by atoms with Gasteiger partial charge in [0.05, 0.1) is 5.56 Å². The van der Waals surface area contributed by atoms with E-state index in [1.807, 2.05) is 0 Å². The first-order valence-electron chi connectivity index (χ1n) is 4.63. The molecule has 0 fully saturated rings. The van der Waals surface area contributed by atoms with Crippen LogP contribution in [0.15, 0.2) is 10.8 Å². The molecule has 0 radical (unpaired) electrons. The predicted molar refractivity (Wildman–Crippen MR) is 61.9 cm³/mol. The first-order chi connectivity index (χ1) is 8.38. The van der Waals surface area contributed by atoms with Crippen molar-refractivity contribution in [3.8, 4) is 0 Å². The Morgan fingerprint density at radius 2 is 2.06 bits per heavy atom. The van der Waals surface area contributed by atoms with Crippen LogP contribution in [0.25, 0.3) is 0 Å². The molecule has 0 spiro atoms. The molecular weight excluding hydrogens is 287 g/mol. The number of carbonyl (C=O) groups is 1. The fourth-order valence-corrected chi connectivity index (χ4v) is 2.58. The van der Waals surface area contributed by atoms with E-state index in [9.17, 15) is 18.0 Å². The monoisotopic (exact) mass is 293 g/mol. The second-order valence-electron chi connectivity index (χ2n) is 3.33. The maximum absolute atomic E-state index is 12.3. The minimum atomic E-state index is -4.54. The van der Waals surface area contributed by atoms with Crippen LogP contribution in [0.3, 0.4) is 0 Å². The fraction of sp³-hybridized carbons (Fsp3) is 0.222. The summed E-state index contributed by atoms with van der Waals surface area (Å²) in [5.74, 6) is -0.487. The first-order valence-corrected chi connectivity index (χ1v) is 6.38. The molecule has 9 heteroatoms. The largest absolute Gasteiger partial charge is 0.445 e. The van der Waals surface area contributed by atoms with Gasteiger partial charge in [-0.15, -0.1) is 10.2 Å². The minimum Gasteiger partial charge on any atom is -0.296 e. The fourth-order valence-electron chi connectivity index (χ4n) is 1.15. The molecule has 2 aromatic rings. The normalized spacial score (nSPS) is 11.6. The highest BCUT2D eigenvalue weighted by atomic mass is 32.1. The van der Waals surface area contributed by atoms with E-state index in [4.69, 9.17) is 0 Å². The van der Waals surface area contributed by atoms with E-state index in [2.05, 4.69) is 15.5 Å². The molecule has 96 valence electrons. The molecule has 0 atom stereocenters. The van der Waals surface area contributed by atoms with Gasteiger partial charge in [-0.1, -0.05) is 11.3 Å². The van der Waals surface area contributed by atoms with Crippen molar-refractivity contribution in [2.24, 2.45) is 0 Å². The van der Waals surface area contributed by atoms with E-state index < -0.39 is 17.1 Å². The molecule has 0 unspecified atom stereocenters. The Balaban J connectivity index is 2.13. The highest BCUT2D eigenvalue weighted by Gasteiger charge is 2.35. The summed E-state index contributed by atoms with van der Waals surface area (Å²) in [7, 11) is 0. The van der Waals surface area contributed by atoms with Crippen LogP contribution in [0, 0.1) is 6.92 Å². The van der Waals surface area contributed by atoms with Gasteiger partial charge in [0.15, 0.2) is 0 Å². The van der Waals surface area contributed by atoms with Crippen molar-refractivity contribution in [2.75, 3.05) is 5.32 Å². The lowest BCUT2D eigenvalue weighted by Gasteiger charge is -2.00. The zero-order valence-corrected chi connectivity index (χ0v) is 10.5. The molecule has 0 aliphatic heterocycles. The molecule has 1 N–H and O–H groups in total. The predicted octanol–water partition coefficient (Wildman–Crippen LogP) is 3.18. The number of nitrogens with zero attached hydrogens (tertiary/aromatic N) is 2. The summed E-state index contributed by atoms with van der Waals surface area (Å²) in [6.45, 7) is 1.74. The molecule has 0 saturated carbocycles. The molecule has 0 aromatic carbocycles. The maximum Gasteiger partial charge on any atom is 0.445 e. The Morgan fingerprint density at radius 1 is 1.33 bits per heavy atom. The molecule has 1 amide bonds. The van der Waals surface area contributed by atoms with Gasteiger partial charge in [-0.2, -0.15) is 24.5 Å². The molecule has 2 aromatic heterocycles. The summed E-state index contributed by atoms with van der Waals surface area (Å²) in [6, 6.07) is 0. The van der Waals surface area contributed by atoms with Crippen LogP contribution in [0.2, 0.25) is 0 Å². The number of aromatic nitrogens is 2. The molecule has 0 aliphatic rings. The lowest BCUT2D eigenvalue weighted by Crippen LogP contribution is -2.11. The van der Waals surface area contributed by atoms with Crippen molar-refractivity contribution in [1.29, 1.82) is 0 Å². The molecule has 2 rings (SSSR count). The molecule has 0 saturated heterocycles. The van der Waals surface area contributed by atoms with Crippen LogP contribution in [-0.2, 0) is 6.18 Å². The van der Waals surface area contributed by atoms with Gasteiger partial charge >= 0.3 is 6.18 Å². The van der Waals surface area contributed by atoms with Gasteiger partial charge < -0.3 is 0 Å². The number of amides is 1. The highest BCUT2D eigenvalue weighted by molar-refractivity contribution is 7.15. The third kappa shape index (κ3) is 2.67. The van der Waals surface area contributed by atoms with Crippen molar-refractivity contribution >= 4 is 33.7 Å². The minimum absolute atomic E-state index is 0.169. The van der Waals surface area contributed by atoms with Crippen LogP contribution in [0.4, 0.5) is 18.3 Å². The Morgan fingerprint density at radius 3 is 2.56 bits per heavy atom. The Hall–Kier alpha value is -1.48. The van der Waals surface area contributed by atoms with Crippen molar-refractivity contribution in [1.82, 2.24) is 10.2 Å². The lowest BCUT2D eigenvalue weighted by atomic mass is 10.2. The van der Waals surface area contributed by atoms with Crippen LogP contribution in [0.5, 0.6) is 0 Å². The van der Waals surface area contributed by atoms with Gasteiger partial charge in [0.2, 0.25) is 10.1 Å². The van der Waals surface area contributed by atoms with Gasteiger partial charge in [-0.05, 0) is 17.9 Å². The molecule has 0 aliphatic carbocycles. The van der Waals surface area contributed by atoms with E-state index in [1.54, 1.807) is 17.7 Å². The number of alkyl halides is 3. The van der Waals surface area contributed by atoms with Gasteiger partial charge in [-0.25, -0.2) is 0 Å². The third-order valence-electron chi connectivity index (χ3n) is 1.99. The second kappa shape index (κ2) is 4.65. The SMILES string of the molecule is Cc1cscc1C(=O)Nc1nnc(C(F)(F)F)s1. The zero-order valence-electron chi connectivity index (χ0n) is 8.91. The lowest BCUT2D eigenvalue weighted by molar-refractivity contribution is -0.138. The summed E-state index contributed by atoms with van der Waals surface area (Å²) in [5, 5.41) is 10.7. The van der Waals surface area contributed by atoms with Crippen LogP contribution >= 0.6 is 22.7 Å². The van der Waals surface area contributed by atoms with E-state index in [0.717, 1.165) is 5.56 Å². The maximum atomic E-state index is 12.3. The average molecular weight is 293 g/mol. The Labute approximate surface area is 107 Å². The topological polar surface area (TPSA) is 54.9 Å². The number of rotatable bonds is 2. The summed E-state index contributed by atoms with van der Waals surface area (Å²) in [6.07, 6.45) is -4.54. The Bertz CT molecular complexity index is 576. The first kappa shape index (κ1) is 13.0. The van der Waals surface area contributed by atoms with E-state index >= 15 is 0 Å². The van der Waals surface area contributed by atoms with E-state index in [1.165, 1.54) is 11.3 Å². The molecule has 0 bridgehead atoms. The number of nitrogens with one attached hydrogen (secondary N) is 1. The third-order valence-corrected chi connectivity index (χ3v) is 3.73. The quantitative estimate of drug-likeness (QED) is 0.925. The van der Waals surface area contributed by atoms with Crippen LogP contribution in [-0.4, -0.2) is 16.1 Å². The number of hydrogen-bond donors (Lipinski definition) is 1. The van der Waals surface area contributed by atoms with Crippen LogP contribution in [0.1, 0.15) is 20.9 Å². The summed E-state index contributed by atoms with van der Waals surface area (Å²) in [4.78, 5) is 11.7. The summed E-state index contributed by atoms with van der Waals surface area (Å²) in [5.41, 5.74) is 1.18. The van der Waals surface area contributed by atoms with Gasteiger partial charge in [-0.3, -0.25) is 10.1 Å². The molecular formula is C9H6F3N3OS2. The van der Waals surface area contributed by atoms with Crippen molar-refractivity contribution in [3.63, 3.8) is 0 Å². The summed E-state index contributed by atoms with van der Waals surface area (Å²) >= 11 is 1.64. The van der Waals surface area contributed by atoms with Gasteiger partial charge in [0, 0.05) is 5.38 Å². The zero-order chi connectivity index (χ0) is 13.3. The number of hydrogen-bond acceptors (Lipinski definition) is 5. The van der Waals surface area contributed by atoms with Crippen molar-refractivity contribution in [3.05, 3.63) is 26.9 Å².